The van der Waals surface area contributed by atoms with Crippen molar-refractivity contribution < 1.29 is 9.59 Å². The summed E-state index contributed by atoms with van der Waals surface area (Å²) in [5, 5.41) is 0. The summed E-state index contributed by atoms with van der Waals surface area (Å²) in [6, 6.07) is 0. The highest BCUT2D eigenvalue weighted by Crippen LogP contribution is 2.03. The lowest BCUT2D eigenvalue weighted by molar-refractivity contribution is -0.134. The molecule has 0 aromatic carbocycles. The van der Waals surface area contributed by atoms with E-state index >= 15 is 0 Å². The summed E-state index contributed by atoms with van der Waals surface area (Å²) in [6.07, 6.45) is 1.49. The van der Waals surface area contributed by atoms with Gasteiger partial charge < -0.3 is 9.69 Å². The predicted molar refractivity (Wildman–Crippen MR) is 54.0 cm³/mol. The van der Waals surface area contributed by atoms with E-state index in [9.17, 15) is 9.59 Å². The van der Waals surface area contributed by atoms with Gasteiger partial charge in [0.25, 0.3) is 0 Å². The maximum atomic E-state index is 11.3. The fourth-order valence-corrected chi connectivity index (χ4v) is 1.55. The quantitative estimate of drug-likeness (QED) is 0.644. The molecular formula is C10H18N2O2. The van der Waals surface area contributed by atoms with Crippen molar-refractivity contribution in [1.29, 1.82) is 0 Å². The normalized spacial score (nSPS) is 18.7. The van der Waals surface area contributed by atoms with Crippen LogP contribution in [0.2, 0.25) is 0 Å². The van der Waals surface area contributed by atoms with Gasteiger partial charge in [0.05, 0.1) is 6.54 Å². The van der Waals surface area contributed by atoms with E-state index in [1.165, 1.54) is 0 Å². The molecule has 1 aliphatic rings. The van der Waals surface area contributed by atoms with Gasteiger partial charge in [0.15, 0.2) is 0 Å². The van der Waals surface area contributed by atoms with Crippen LogP contribution in [0.5, 0.6) is 0 Å². The Balaban J connectivity index is 2.20. The van der Waals surface area contributed by atoms with Gasteiger partial charge in [-0.05, 0) is 19.9 Å². The number of amides is 1. The van der Waals surface area contributed by atoms with Crippen molar-refractivity contribution in [2.75, 3.05) is 33.2 Å². The van der Waals surface area contributed by atoms with Crippen LogP contribution in [0.4, 0.5) is 0 Å². The molecule has 1 fully saturated rings. The number of carbonyl (C=O) groups is 2. The number of nitrogens with zero attached hydrogens (tertiary/aromatic N) is 2. The minimum absolute atomic E-state index is 0.180. The molecule has 0 aliphatic carbocycles. The van der Waals surface area contributed by atoms with Crippen molar-refractivity contribution in [3.05, 3.63) is 0 Å². The first-order valence-electron chi connectivity index (χ1n) is 5.05. The van der Waals surface area contributed by atoms with Crippen LogP contribution in [0.15, 0.2) is 0 Å². The summed E-state index contributed by atoms with van der Waals surface area (Å²) in [7, 11) is 1.83. The molecule has 80 valence electrons. The van der Waals surface area contributed by atoms with Crippen molar-refractivity contribution in [2.45, 2.75) is 19.8 Å². The third-order valence-corrected chi connectivity index (χ3v) is 2.54. The van der Waals surface area contributed by atoms with Crippen molar-refractivity contribution in [3.63, 3.8) is 0 Å². The van der Waals surface area contributed by atoms with Crippen LogP contribution in [0.25, 0.3) is 0 Å². The zero-order valence-corrected chi connectivity index (χ0v) is 8.95. The molecule has 4 nitrogen and oxygen atoms in total. The minimum Gasteiger partial charge on any atom is -0.343 e. The number of piperazine rings is 1. The molecule has 0 aromatic rings. The molecule has 0 spiro atoms. The Morgan fingerprint density at radius 2 is 2.14 bits per heavy atom. The van der Waals surface area contributed by atoms with Crippen molar-refractivity contribution >= 4 is 11.7 Å². The van der Waals surface area contributed by atoms with Gasteiger partial charge in [-0.25, -0.2) is 0 Å². The molecule has 1 rings (SSSR count). The molecule has 0 bridgehead atoms. The van der Waals surface area contributed by atoms with Gasteiger partial charge in [0.1, 0.15) is 5.78 Å². The lowest BCUT2D eigenvalue weighted by Crippen LogP contribution is -2.48. The summed E-state index contributed by atoms with van der Waals surface area (Å²) in [5.41, 5.74) is 0. The molecule has 0 atom stereocenters. The monoisotopic (exact) mass is 198 g/mol. The zero-order valence-electron chi connectivity index (χ0n) is 8.95. The number of ketones is 1. The van der Waals surface area contributed by atoms with Crippen LogP contribution in [0.3, 0.4) is 0 Å². The molecule has 0 saturated carbocycles. The number of hydrogen-bond donors (Lipinski definition) is 0. The SMILES string of the molecule is CC(=O)CCCN1CCN(C)C(=O)C1. The Kier molecular flexibility index (Phi) is 4.07. The van der Waals surface area contributed by atoms with E-state index in [1.54, 1.807) is 11.8 Å². The summed E-state index contributed by atoms with van der Waals surface area (Å²) >= 11 is 0. The van der Waals surface area contributed by atoms with Crippen LogP contribution in [-0.2, 0) is 9.59 Å². The van der Waals surface area contributed by atoms with Gasteiger partial charge in [-0.2, -0.15) is 0 Å². The molecule has 1 amide bonds. The molecule has 0 aromatic heterocycles. The lowest BCUT2D eigenvalue weighted by atomic mass is 10.2. The molecule has 1 aliphatic heterocycles. The number of hydrogen-bond acceptors (Lipinski definition) is 3. The van der Waals surface area contributed by atoms with Crippen molar-refractivity contribution in [2.24, 2.45) is 0 Å². The van der Waals surface area contributed by atoms with E-state index < -0.39 is 0 Å². The van der Waals surface area contributed by atoms with E-state index in [-0.39, 0.29) is 11.7 Å². The average molecular weight is 198 g/mol. The Hall–Kier alpha value is -0.900. The summed E-state index contributed by atoms with van der Waals surface area (Å²) in [6.45, 7) is 4.71. The molecule has 0 N–H and O–H groups in total. The molecule has 1 saturated heterocycles. The first-order chi connectivity index (χ1) is 6.59. The van der Waals surface area contributed by atoms with E-state index in [1.807, 2.05) is 7.05 Å². The smallest absolute Gasteiger partial charge is 0.236 e. The fraction of sp³-hybridized carbons (Fsp3) is 0.800. The van der Waals surface area contributed by atoms with E-state index in [0.717, 1.165) is 26.1 Å². The topological polar surface area (TPSA) is 40.6 Å². The Morgan fingerprint density at radius 3 is 2.71 bits per heavy atom. The van der Waals surface area contributed by atoms with Crippen LogP contribution in [-0.4, -0.2) is 54.7 Å². The Morgan fingerprint density at radius 1 is 1.43 bits per heavy atom. The van der Waals surface area contributed by atoms with Gasteiger partial charge in [-0.1, -0.05) is 0 Å². The standard InChI is InChI=1S/C10H18N2O2/c1-9(13)4-3-5-12-7-6-11(2)10(14)8-12/h3-8H2,1-2H3. The minimum atomic E-state index is 0.180. The highest BCUT2D eigenvalue weighted by atomic mass is 16.2. The fourth-order valence-electron chi connectivity index (χ4n) is 1.55. The van der Waals surface area contributed by atoms with Crippen LogP contribution < -0.4 is 0 Å². The van der Waals surface area contributed by atoms with Crippen LogP contribution in [0, 0.1) is 0 Å². The van der Waals surface area contributed by atoms with Gasteiger partial charge in [0, 0.05) is 26.6 Å². The van der Waals surface area contributed by atoms with Gasteiger partial charge in [0.2, 0.25) is 5.91 Å². The first-order valence-corrected chi connectivity index (χ1v) is 5.05. The second kappa shape index (κ2) is 5.10. The number of carbonyl (C=O) groups excluding carboxylic acids is 2. The van der Waals surface area contributed by atoms with Gasteiger partial charge in [-0.15, -0.1) is 0 Å². The van der Waals surface area contributed by atoms with Crippen LogP contribution >= 0.6 is 0 Å². The van der Waals surface area contributed by atoms with E-state index in [2.05, 4.69) is 4.90 Å². The molecule has 0 radical (unpaired) electrons. The molecule has 1 heterocycles. The molecule has 0 unspecified atom stereocenters. The molecule has 4 heteroatoms. The number of likely N-dealkylation sites (N-methyl/N-ethyl adjacent to an activating group) is 1. The second-order valence-electron chi connectivity index (χ2n) is 3.90. The van der Waals surface area contributed by atoms with Crippen LogP contribution in [0.1, 0.15) is 19.8 Å². The summed E-state index contributed by atoms with van der Waals surface area (Å²) in [4.78, 5) is 25.9. The average Bonchev–Trinajstić information content (AvgIpc) is 2.10. The Labute approximate surface area is 84.9 Å². The lowest BCUT2D eigenvalue weighted by Gasteiger charge is -2.31. The summed E-state index contributed by atoms with van der Waals surface area (Å²) in [5.74, 6) is 0.407. The predicted octanol–water partition coefficient (Wildman–Crippen LogP) is 0.130. The second-order valence-corrected chi connectivity index (χ2v) is 3.90. The maximum Gasteiger partial charge on any atom is 0.236 e. The number of rotatable bonds is 4. The first kappa shape index (κ1) is 11.2. The maximum absolute atomic E-state index is 11.3. The third-order valence-electron chi connectivity index (χ3n) is 2.54. The largest absolute Gasteiger partial charge is 0.343 e. The van der Waals surface area contributed by atoms with Gasteiger partial charge in [-0.3, -0.25) is 9.69 Å². The van der Waals surface area contributed by atoms with Crippen molar-refractivity contribution in [1.82, 2.24) is 9.80 Å². The molecular weight excluding hydrogens is 180 g/mol. The zero-order chi connectivity index (χ0) is 10.6. The molecule has 14 heavy (non-hydrogen) atoms. The van der Waals surface area contributed by atoms with Crippen molar-refractivity contribution in [3.8, 4) is 0 Å². The number of Topliss-reactive ketones (excluding diaryl/α,β-unsaturated/α-hetero) is 1. The van der Waals surface area contributed by atoms with E-state index in [0.29, 0.717) is 13.0 Å². The Bertz CT molecular complexity index is 228. The highest BCUT2D eigenvalue weighted by Gasteiger charge is 2.19. The highest BCUT2D eigenvalue weighted by molar-refractivity contribution is 5.78. The summed E-state index contributed by atoms with van der Waals surface area (Å²) < 4.78 is 0. The van der Waals surface area contributed by atoms with Gasteiger partial charge >= 0.3 is 0 Å². The van der Waals surface area contributed by atoms with E-state index in [4.69, 9.17) is 0 Å². The third kappa shape index (κ3) is 3.46.